The van der Waals surface area contributed by atoms with Crippen molar-refractivity contribution < 1.29 is 23.1 Å². The Morgan fingerprint density at radius 1 is 1.30 bits per heavy atom. The van der Waals surface area contributed by atoms with Gasteiger partial charge in [0.1, 0.15) is 0 Å². The number of fused-ring (bicyclic) bond motifs is 1. The number of rotatable bonds is 4. The summed E-state index contributed by atoms with van der Waals surface area (Å²) >= 11 is 0. The van der Waals surface area contributed by atoms with Crippen LogP contribution in [0.4, 0.5) is 13.2 Å². The van der Waals surface area contributed by atoms with Crippen LogP contribution in [0, 0.1) is 5.41 Å². The van der Waals surface area contributed by atoms with Crippen molar-refractivity contribution in [3.05, 3.63) is 29.5 Å². The third kappa shape index (κ3) is 3.20. The number of nitrogens with zero attached hydrogens (tertiary/aromatic N) is 3. The second-order valence-corrected chi connectivity index (χ2v) is 7.84. The van der Waals surface area contributed by atoms with Gasteiger partial charge in [-0.05, 0) is 44.8 Å². The van der Waals surface area contributed by atoms with E-state index in [1.165, 1.54) is 10.7 Å². The fraction of sp³-hybridized carbons (Fsp3) is 0.579. The average Bonchev–Trinajstić information content (AvgIpc) is 3.32. The second kappa shape index (κ2) is 6.22. The third-order valence-corrected chi connectivity index (χ3v) is 6.01. The summed E-state index contributed by atoms with van der Waals surface area (Å²) < 4.78 is 41.3. The highest BCUT2D eigenvalue weighted by molar-refractivity contribution is 5.86. The molecule has 146 valence electrons. The van der Waals surface area contributed by atoms with Crippen molar-refractivity contribution in [2.75, 3.05) is 19.6 Å². The summed E-state index contributed by atoms with van der Waals surface area (Å²) in [5, 5.41) is 14.3. The van der Waals surface area contributed by atoms with Gasteiger partial charge in [0.15, 0.2) is 0 Å². The summed E-state index contributed by atoms with van der Waals surface area (Å²) in [6, 6.07) is 4.25. The van der Waals surface area contributed by atoms with E-state index in [-0.39, 0.29) is 11.4 Å². The van der Waals surface area contributed by atoms with E-state index in [0.29, 0.717) is 11.9 Å². The summed E-state index contributed by atoms with van der Waals surface area (Å²) in [5.74, 6) is -0.631. The maximum absolute atomic E-state index is 13.3. The summed E-state index contributed by atoms with van der Waals surface area (Å²) in [4.78, 5) is 13.5. The molecule has 0 radical (unpaired) electrons. The number of aryl methyl sites for hydroxylation is 1. The van der Waals surface area contributed by atoms with E-state index in [2.05, 4.69) is 10.00 Å². The molecule has 0 amide bonds. The lowest BCUT2D eigenvalue weighted by Gasteiger charge is -2.33. The fourth-order valence-corrected chi connectivity index (χ4v) is 4.28. The Balaban J connectivity index is 1.54. The molecule has 8 heteroatoms. The Kier molecular flexibility index (Phi) is 4.21. The van der Waals surface area contributed by atoms with Crippen LogP contribution in [-0.2, 0) is 18.0 Å². The first-order chi connectivity index (χ1) is 12.7. The molecule has 0 atom stereocenters. The minimum absolute atomic E-state index is 0.0911. The fourth-order valence-electron chi connectivity index (χ4n) is 4.28. The Morgan fingerprint density at radius 3 is 2.52 bits per heavy atom. The second-order valence-electron chi connectivity index (χ2n) is 7.84. The molecule has 1 N–H and O–H groups in total. The van der Waals surface area contributed by atoms with Gasteiger partial charge in [-0.15, -0.1) is 0 Å². The van der Waals surface area contributed by atoms with Crippen LogP contribution in [0.2, 0.25) is 0 Å². The molecule has 2 aromatic rings. The SMILES string of the molecule is Cn1nc(C2CCN(CC3(C(=O)O)CC3)CC2)c2cccc(C(F)(F)F)c21. The van der Waals surface area contributed by atoms with Crippen molar-refractivity contribution in [3.63, 3.8) is 0 Å². The van der Waals surface area contributed by atoms with Crippen molar-refractivity contribution in [1.29, 1.82) is 0 Å². The minimum Gasteiger partial charge on any atom is -0.481 e. The van der Waals surface area contributed by atoms with E-state index < -0.39 is 23.1 Å². The smallest absolute Gasteiger partial charge is 0.418 e. The van der Waals surface area contributed by atoms with Gasteiger partial charge >= 0.3 is 12.1 Å². The molecule has 0 unspecified atom stereocenters. The molecule has 5 nitrogen and oxygen atoms in total. The summed E-state index contributed by atoms with van der Waals surface area (Å²) in [6.45, 7) is 2.06. The van der Waals surface area contributed by atoms with Crippen LogP contribution in [0.1, 0.15) is 42.9 Å². The lowest BCUT2D eigenvalue weighted by Crippen LogP contribution is -2.39. The third-order valence-electron chi connectivity index (χ3n) is 6.01. The zero-order valence-corrected chi connectivity index (χ0v) is 15.1. The van der Waals surface area contributed by atoms with Crippen molar-refractivity contribution in [3.8, 4) is 0 Å². The quantitative estimate of drug-likeness (QED) is 0.879. The van der Waals surface area contributed by atoms with Crippen LogP contribution >= 0.6 is 0 Å². The van der Waals surface area contributed by atoms with Gasteiger partial charge in [0, 0.05) is 24.9 Å². The van der Waals surface area contributed by atoms with Crippen LogP contribution < -0.4 is 0 Å². The maximum Gasteiger partial charge on any atom is 0.418 e. The van der Waals surface area contributed by atoms with Crippen LogP contribution in [0.15, 0.2) is 18.2 Å². The first-order valence-electron chi connectivity index (χ1n) is 9.20. The average molecular weight is 381 g/mol. The molecule has 27 heavy (non-hydrogen) atoms. The zero-order valence-electron chi connectivity index (χ0n) is 15.1. The molecule has 0 spiro atoms. The van der Waals surface area contributed by atoms with E-state index in [9.17, 15) is 23.1 Å². The first-order valence-corrected chi connectivity index (χ1v) is 9.20. The minimum atomic E-state index is -4.41. The predicted octanol–water partition coefficient (Wildman–Crippen LogP) is 3.64. The summed E-state index contributed by atoms with van der Waals surface area (Å²) in [6.07, 6.45) is -1.40. The largest absolute Gasteiger partial charge is 0.481 e. The molecule has 4 rings (SSSR count). The van der Waals surface area contributed by atoms with Gasteiger partial charge in [-0.1, -0.05) is 12.1 Å². The monoisotopic (exact) mass is 381 g/mol. The number of carbonyl (C=O) groups is 1. The van der Waals surface area contributed by atoms with Gasteiger partial charge in [0.05, 0.1) is 22.2 Å². The highest BCUT2D eigenvalue weighted by Gasteiger charge is 2.51. The van der Waals surface area contributed by atoms with Crippen LogP contribution in [0.25, 0.3) is 10.9 Å². The van der Waals surface area contributed by atoms with Crippen LogP contribution in [-0.4, -0.2) is 45.4 Å². The number of hydrogen-bond acceptors (Lipinski definition) is 3. The molecular formula is C19H22F3N3O2. The van der Waals surface area contributed by atoms with Gasteiger partial charge in [-0.2, -0.15) is 18.3 Å². The normalized spacial score (nSPS) is 20.9. The number of para-hydroxylation sites is 1. The number of hydrogen-bond donors (Lipinski definition) is 1. The van der Waals surface area contributed by atoms with Gasteiger partial charge in [0.2, 0.25) is 0 Å². The van der Waals surface area contributed by atoms with Gasteiger partial charge in [0.25, 0.3) is 0 Å². The number of likely N-dealkylation sites (tertiary alicyclic amines) is 1. The molecule has 1 aliphatic heterocycles. The van der Waals surface area contributed by atoms with E-state index in [1.54, 1.807) is 13.1 Å². The standard InChI is InChI=1S/C19H22F3N3O2/c1-24-16-13(3-2-4-14(16)19(20,21)22)15(23-24)12-5-9-25(10-6-12)11-18(7-8-18)17(26)27/h2-4,12H,5-11H2,1H3,(H,26,27). The Morgan fingerprint density at radius 2 is 1.96 bits per heavy atom. The number of halogens is 3. The van der Waals surface area contributed by atoms with E-state index in [4.69, 9.17) is 0 Å². The zero-order chi connectivity index (χ0) is 19.4. The van der Waals surface area contributed by atoms with Crippen molar-refractivity contribution in [1.82, 2.24) is 14.7 Å². The van der Waals surface area contributed by atoms with Gasteiger partial charge in [-0.25, -0.2) is 0 Å². The molecule has 1 aliphatic carbocycles. The predicted molar refractivity (Wildman–Crippen MR) is 93.4 cm³/mol. The topological polar surface area (TPSA) is 58.4 Å². The number of piperidine rings is 1. The van der Waals surface area contributed by atoms with Crippen molar-refractivity contribution in [2.24, 2.45) is 12.5 Å². The molecule has 1 aromatic heterocycles. The number of aliphatic carboxylic acids is 1. The molecular weight excluding hydrogens is 359 g/mol. The molecule has 0 bridgehead atoms. The lowest BCUT2D eigenvalue weighted by molar-refractivity contribution is -0.144. The molecule has 1 saturated heterocycles. The number of carboxylic acid groups (broad SMARTS) is 1. The first kappa shape index (κ1) is 18.3. The Hall–Kier alpha value is -2.09. The van der Waals surface area contributed by atoms with E-state index in [0.717, 1.165) is 50.5 Å². The van der Waals surface area contributed by atoms with Gasteiger partial charge in [-0.3, -0.25) is 9.48 Å². The number of carboxylic acids is 1. The highest BCUT2D eigenvalue weighted by atomic mass is 19.4. The number of benzene rings is 1. The van der Waals surface area contributed by atoms with E-state index in [1.807, 2.05) is 0 Å². The molecule has 2 heterocycles. The van der Waals surface area contributed by atoms with Crippen LogP contribution in [0.3, 0.4) is 0 Å². The number of alkyl halides is 3. The Labute approximate surface area is 154 Å². The maximum atomic E-state index is 13.3. The van der Waals surface area contributed by atoms with Gasteiger partial charge < -0.3 is 10.0 Å². The molecule has 1 aromatic carbocycles. The molecule has 1 saturated carbocycles. The van der Waals surface area contributed by atoms with Crippen molar-refractivity contribution >= 4 is 16.9 Å². The highest BCUT2D eigenvalue weighted by Crippen LogP contribution is 2.47. The van der Waals surface area contributed by atoms with E-state index >= 15 is 0 Å². The number of aromatic nitrogens is 2. The van der Waals surface area contributed by atoms with Crippen molar-refractivity contribution in [2.45, 2.75) is 37.8 Å². The summed E-state index contributed by atoms with van der Waals surface area (Å²) in [5.41, 5.74) is -0.384. The molecule has 2 aliphatic rings. The Bertz CT molecular complexity index is 878. The summed E-state index contributed by atoms with van der Waals surface area (Å²) in [7, 11) is 1.56. The molecule has 2 fully saturated rings. The van der Waals surface area contributed by atoms with Crippen LogP contribution in [0.5, 0.6) is 0 Å². The lowest BCUT2D eigenvalue weighted by atomic mass is 9.90.